The third-order valence-electron chi connectivity index (χ3n) is 5.04. The minimum atomic E-state index is -2.98. The predicted octanol–water partition coefficient (Wildman–Crippen LogP) is 3.53. The van der Waals surface area contributed by atoms with Crippen LogP contribution in [0.4, 0.5) is 22.7 Å². The molecule has 1 atom stereocenters. The second-order valence-electron chi connectivity index (χ2n) is 7.97. The van der Waals surface area contributed by atoms with Gasteiger partial charge in [0.25, 0.3) is 0 Å². The van der Waals surface area contributed by atoms with E-state index in [9.17, 15) is 27.2 Å². The number of amidine groups is 1. The van der Waals surface area contributed by atoms with E-state index in [-0.39, 0.29) is 40.6 Å². The number of carbonyl (C=O) groups excluding carboxylic acids is 2. The van der Waals surface area contributed by atoms with Crippen molar-refractivity contribution in [3.8, 4) is 11.5 Å². The summed E-state index contributed by atoms with van der Waals surface area (Å²) < 4.78 is 57.5. The van der Waals surface area contributed by atoms with Crippen molar-refractivity contribution >= 4 is 45.2 Å². The Balaban J connectivity index is 1.47. The number of carbonyl (C=O) groups is 2. The third kappa shape index (κ3) is 10.8. The number of hydrogen-bond donors (Lipinski definition) is 3. The van der Waals surface area contributed by atoms with E-state index in [1.807, 2.05) is 6.92 Å². The molecule has 0 aliphatic carbocycles. The first-order chi connectivity index (χ1) is 19.6. The second-order valence-corrected chi connectivity index (χ2v) is 9.99. The van der Waals surface area contributed by atoms with Crippen LogP contribution in [-0.2, 0) is 22.4 Å². The first-order valence-corrected chi connectivity index (χ1v) is 13.6. The number of rotatable bonds is 13. The number of nitrogens with two attached hydrogens (primary N) is 1. The van der Waals surface area contributed by atoms with Crippen LogP contribution in [0.1, 0.15) is 35.7 Å². The number of pyridine rings is 2. The highest BCUT2D eigenvalue weighted by Crippen LogP contribution is 2.29. The average molecular weight is 617 g/mol. The molecule has 0 bridgehead atoms. The van der Waals surface area contributed by atoms with Crippen LogP contribution in [0.3, 0.4) is 0 Å². The van der Waals surface area contributed by atoms with E-state index >= 15 is 0 Å². The molecular formula is C23H24F4N8O4S2. The topological polar surface area (TPSA) is 167 Å². The van der Waals surface area contributed by atoms with Crippen LogP contribution in [-0.4, -0.2) is 56.1 Å². The molecule has 18 heteroatoms. The highest BCUT2D eigenvalue weighted by molar-refractivity contribution is 8.13. The van der Waals surface area contributed by atoms with Crippen molar-refractivity contribution in [3.05, 3.63) is 53.1 Å². The zero-order valence-corrected chi connectivity index (χ0v) is 22.9. The highest BCUT2D eigenvalue weighted by Gasteiger charge is 2.19. The SMILES string of the molecule is CC[C@H](CS/C(=N\N)NC(=O)Cc1ccc(OC(F)F)cn1)c1nnc(NC(=O)Cc2ccc(OC(F)F)cn2)s1. The van der Waals surface area contributed by atoms with E-state index in [1.165, 1.54) is 47.4 Å². The summed E-state index contributed by atoms with van der Waals surface area (Å²) >= 11 is 2.36. The van der Waals surface area contributed by atoms with Gasteiger partial charge in [-0.1, -0.05) is 30.0 Å². The van der Waals surface area contributed by atoms with Crippen molar-refractivity contribution in [2.24, 2.45) is 10.9 Å². The lowest BCUT2D eigenvalue weighted by Crippen LogP contribution is -2.31. The number of nitrogens with zero attached hydrogens (tertiary/aromatic N) is 5. The van der Waals surface area contributed by atoms with Crippen LogP contribution in [0.2, 0.25) is 0 Å². The van der Waals surface area contributed by atoms with E-state index in [4.69, 9.17) is 5.84 Å². The molecule has 0 aromatic carbocycles. The van der Waals surface area contributed by atoms with E-state index in [1.54, 1.807) is 0 Å². The van der Waals surface area contributed by atoms with Gasteiger partial charge in [-0.3, -0.25) is 19.6 Å². The number of halogens is 4. The van der Waals surface area contributed by atoms with E-state index in [0.29, 0.717) is 28.6 Å². The van der Waals surface area contributed by atoms with Crippen molar-refractivity contribution in [2.75, 3.05) is 11.1 Å². The molecule has 0 aliphatic rings. The third-order valence-corrected chi connectivity index (χ3v) is 7.09. The largest absolute Gasteiger partial charge is 0.433 e. The number of alkyl halides is 4. The highest BCUT2D eigenvalue weighted by atomic mass is 32.2. The summed E-state index contributed by atoms with van der Waals surface area (Å²) in [6.45, 7) is -4.01. The van der Waals surface area contributed by atoms with Crippen LogP contribution in [0.5, 0.6) is 11.5 Å². The summed E-state index contributed by atoms with van der Waals surface area (Å²) in [6.07, 6.45) is 2.60. The molecule has 0 spiro atoms. The fourth-order valence-electron chi connectivity index (χ4n) is 3.13. The first kappa shape index (κ1) is 31.5. The molecule has 4 N–H and O–H groups in total. The summed E-state index contributed by atoms with van der Waals surface area (Å²) in [7, 11) is 0. The van der Waals surface area contributed by atoms with E-state index < -0.39 is 25.0 Å². The molecule has 3 aromatic rings. The fraction of sp³-hybridized carbons (Fsp3) is 0.348. The van der Waals surface area contributed by atoms with Gasteiger partial charge in [0.05, 0.1) is 25.2 Å². The molecule has 3 rings (SSSR count). The molecule has 41 heavy (non-hydrogen) atoms. The number of amides is 2. The molecule has 0 fully saturated rings. The van der Waals surface area contributed by atoms with Gasteiger partial charge in [0.1, 0.15) is 16.5 Å². The van der Waals surface area contributed by atoms with E-state index in [0.717, 1.165) is 12.4 Å². The second kappa shape index (κ2) is 15.7. The maximum Gasteiger partial charge on any atom is 0.387 e. The van der Waals surface area contributed by atoms with Crippen molar-refractivity contribution in [2.45, 2.75) is 45.3 Å². The van der Waals surface area contributed by atoms with Gasteiger partial charge in [-0.15, -0.1) is 10.2 Å². The van der Waals surface area contributed by atoms with Gasteiger partial charge < -0.3 is 25.9 Å². The summed E-state index contributed by atoms with van der Waals surface area (Å²) in [5, 5.41) is 18.0. The Labute approximate surface area is 239 Å². The number of ether oxygens (including phenoxy) is 2. The molecule has 0 saturated heterocycles. The number of hydrogen-bond acceptors (Lipinski definition) is 12. The number of aromatic nitrogens is 4. The predicted molar refractivity (Wildman–Crippen MR) is 143 cm³/mol. The molecule has 0 aliphatic heterocycles. The molecule has 220 valence electrons. The Bertz CT molecular complexity index is 1310. The van der Waals surface area contributed by atoms with Gasteiger partial charge in [-0.25, -0.2) is 0 Å². The summed E-state index contributed by atoms with van der Waals surface area (Å²) in [5.74, 6) is 4.64. The standard InChI is InChI=1S/C23H24F4N8O4S2/c1-2-12(11-40-22(33-28)31-17(36)7-13-3-5-15(9-29-13)38-20(24)25)19-34-35-23(41-19)32-18(37)8-14-4-6-16(10-30-14)39-21(26)27/h3-6,9-10,12,20-21H,2,7-8,11,28H2,1H3,(H,31,33,36)(H,32,35,37)/t12-/m1/s1. The van der Waals surface area contributed by atoms with Crippen LogP contribution in [0.15, 0.2) is 41.8 Å². The number of anilines is 1. The molecule has 2 amide bonds. The zero-order chi connectivity index (χ0) is 29.8. The minimum Gasteiger partial charge on any atom is -0.433 e. The molecule has 3 aromatic heterocycles. The molecule has 0 radical (unpaired) electrons. The van der Waals surface area contributed by atoms with Crippen molar-refractivity contribution in [3.63, 3.8) is 0 Å². The van der Waals surface area contributed by atoms with Gasteiger partial charge in [0, 0.05) is 23.1 Å². The number of thioether (sulfide) groups is 1. The lowest BCUT2D eigenvalue weighted by atomic mass is 10.1. The van der Waals surface area contributed by atoms with Crippen LogP contribution in [0, 0.1) is 0 Å². The molecule has 3 heterocycles. The van der Waals surface area contributed by atoms with Gasteiger partial charge in [0.2, 0.25) is 16.9 Å². The maximum absolute atomic E-state index is 12.4. The molecule has 12 nitrogen and oxygen atoms in total. The lowest BCUT2D eigenvalue weighted by molar-refractivity contribution is -0.119. The Morgan fingerprint density at radius 2 is 1.56 bits per heavy atom. The zero-order valence-electron chi connectivity index (χ0n) is 21.3. The summed E-state index contributed by atoms with van der Waals surface area (Å²) in [6, 6.07) is 5.36. The van der Waals surface area contributed by atoms with Crippen LogP contribution < -0.4 is 25.9 Å². The summed E-state index contributed by atoms with van der Waals surface area (Å²) in [4.78, 5) is 32.6. The Hall–Kier alpha value is -4.06. The van der Waals surface area contributed by atoms with Gasteiger partial charge in [-0.05, 0) is 30.7 Å². The van der Waals surface area contributed by atoms with Crippen molar-refractivity contribution in [1.82, 2.24) is 25.5 Å². The van der Waals surface area contributed by atoms with Crippen LogP contribution in [0.25, 0.3) is 0 Å². The number of hydrazone groups is 1. The minimum absolute atomic E-state index is 0.107. The van der Waals surface area contributed by atoms with Crippen LogP contribution >= 0.6 is 23.1 Å². The van der Waals surface area contributed by atoms with Crippen molar-refractivity contribution in [1.29, 1.82) is 0 Å². The maximum atomic E-state index is 12.4. The smallest absolute Gasteiger partial charge is 0.387 e. The lowest BCUT2D eigenvalue weighted by Gasteiger charge is -2.12. The van der Waals surface area contributed by atoms with E-state index in [2.05, 4.69) is 45.4 Å². The Kier molecular flexibility index (Phi) is 12.0. The summed E-state index contributed by atoms with van der Waals surface area (Å²) in [5.41, 5.74) is 0.676. The first-order valence-electron chi connectivity index (χ1n) is 11.8. The fourth-order valence-corrected chi connectivity index (χ4v) is 5.19. The van der Waals surface area contributed by atoms with Gasteiger partial charge >= 0.3 is 13.2 Å². The normalized spacial score (nSPS) is 12.3. The molecule has 0 saturated carbocycles. The monoisotopic (exact) mass is 616 g/mol. The Morgan fingerprint density at radius 1 is 0.976 bits per heavy atom. The van der Waals surface area contributed by atoms with Gasteiger partial charge in [0.15, 0.2) is 5.17 Å². The quantitative estimate of drug-likeness (QED) is 0.0850. The number of nitrogens with one attached hydrogen (secondary N) is 2. The average Bonchev–Trinajstić information content (AvgIpc) is 3.38. The molecular weight excluding hydrogens is 592 g/mol. The van der Waals surface area contributed by atoms with Gasteiger partial charge in [-0.2, -0.15) is 22.7 Å². The molecule has 0 unspecified atom stereocenters. The Morgan fingerprint density at radius 3 is 2.05 bits per heavy atom. The van der Waals surface area contributed by atoms with Crippen molar-refractivity contribution < 1.29 is 36.6 Å².